The molecule has 2 N–H and O–H groups in total. The maximum atomic E-state index is 12.4. The predicted octanol–water partition coefficient (Wildman–Crippen LogP) is 5.45. The van der Waals surface area contributed by atoms with Crippen molar-refractivity contribution in [2.75, 3.05) is 17.7 Å². The van der Waals surface area contributed by atoms with Gasteiger partial charge in [-0.1, -0.05) is 11.3 Å². The Morgan fingerprint density at radius 2 is 1.89 bits per heavy atom. The second-order valence-electron chi connectivity index (χ2n) is 6.91. The van der Waals surface area contributed by atoms with Crippen molar-refractivity contribution in [1.82, 2.24) is 4.98 Å². The number of fused-ring (bicyclic) bond motifs is 2. The zero-order chi connectivity index (χ0) is 19.8. The van der Waals surface area contributed by atoms with Gasteiger partial charge in [0.1, 0.15) is 5.00 Å². The number of ether oxygens (including phenoxy) is 1. The number of aryl methyl sites for hydroxylation is 3. The van der Waals surface area contributed by atoms with Gasteiger partial charge in [0.05, 0.1) is 22.9 Å². The Hall–Kier alpha value is -2.03. The van der Waals surface area contributed by atoms with Crippen molar-refractivity contribution in [3.8, 4) is 0 Å². The van der Waals surface area contributed by atoms with Crippen LogP contribution in [0.2, 0.25) is 0 Å². The number of hydrogen-bond donors (Lipinski definition) is 2. The van der Waals surface area contributed by atoms with Crippen LogP contribution in [-0.2, 0) is 17.6 Å². The molecular weight excluding hydrogens is 410 g/mol. The lowest BCUT2D eigenvalue weighted by Gasteiger charge is -2.12. The fourth-order valence-electron chi connectivity index (χ4n) is 3.44. The summed E-state index contributed by atoms with van der Waals surface area (Å²) in [7, 11) is 1.42. The van der Waals surface area contributed by atoms with Crippen molar-refractivity contribution >= 4 is 66.3 Å². The van der Waals surface area contributed by atoms with E-state index in [0.29, 0.717) is 10.7 Å². The minimum absolute atomic E-state index is 0.310. The Balaban J connectivity index is 1.57. The third-order valence-corrected chi connectivity index (χ3v) is 7.36. The van der Waals surface area contributed by atoms with E-state index in [2.05, 4.69) is 41.6 Å². The molecule has 0 unspecified atom stereocenters. The third kappa shape index (κ3) is 3.64. The van der Waals surface area contributed by atoms with Gasteiger partial charge in [0.15, 0.2) is 10.2 Å². The van der Waals surface area contributed by atoms with Crippen LogP contribution in [0.15, 0.2) is 12.1 Å². The number of rotatable bonds is 3. The van der Waals surface area contributed by atoms with Crippen LogP contribution in [-0.4, -0.2) is 23.2 Å². The molecule has 4 rings (SSSR count). The standard InChI is InChI=1S/C20H21N3O2S3/c1-10-8-13-15(9-11(10)2)28-20(21-13)23-19(26)22-17-16(18(24)25-3)12-6-4-5-7-14(12)27-17/h8-9H,4-7H2,1-3H3,(H2,21,22,23,26). The molecule has 1 aromatic carbocycles. The highest BCUT2D eigenvalue weighted by atomic mass is 32.1. The first-order chi connectivity index (χ1) is 13.5. The molecule has 28 heavy (non-hydrogen) atoms. The fourth-order valence-corrected chi connectivity index (χ4v) is 6.00. The van der Waals surface area contributed by atoms with Gasteiger partial charge in [-0.05, 0) is 80.6 Å². The summed E-state index contributed by atoms with van der Waals surface area (Å²) in [6.45, 7) is 4.18. The summed E-state index contributed by atoms with van der Waals surface area (Å²) in [4.78, 5) is 18.2. The van der Waals surface area contributed by atoms with Gasteiger partial charge in [0.25, 0.3) is 0 Å². The predicted molar refractivity (Wildman–Crippen MR) is 121 cm³/mol. The van der Waals surface area contributed by atoms with E-state index >= 15 is 0 Å². The summed E-state index contributed by atoms with van der Waals surface area (Å²) < 4.78 is 6.14. The second-order valence-corrected chi connectivity index (χ2v) is 9.45. The number of nitrogens with one attached hydrogen (secondary N) is 2. The number of carbonyl (C=O) groups excluding carboxylic acids is 1. The lowest BCUT2D eigenvalue weighted by atomic mass is 9.95. The molecule has 0 saturated heterocycles. The smallest absolute Gasteiger partial charge is 0.341 e. The molecule has 2 aromatic heterocycles. The Bertz CT molecular complexity index is 1050. The molecule has 5 nitrogen and oxygen atoms in total. The first-order valence-electron chi connectivity index (χ1n) is 9.15. The molecule has 146 valence electrons. The second kappa shape index (κ2) is 7.77. The highest BCUT2D eigenvalue weighted by molar-refractivity contribution is 7.80. The van der Waals surface area contributed by atoms with Gasteiger partial charge in [-0.25, -0.2) is 9.78 Å². The number of aromatic nitrogens is 1. The molecule has 2 heterocycles. The lowest BCUT2D eigenvalue weighted by Crippen LogP contribution is -2.20. The Morgan fingerprint density at radius 1 is 1.14 bits per heavy atom. The first-order valence-corrected chi connectivity index (χ1v) is 11.2. The molecule has 8 heteroatoms. The number of carbonyl (C=O) groups is 1. The lowest BCUT2D eigenvalue weighted by molar-refractivity contribution is 0.0601. The molecule has 0 amide bonds. The number of thiophene rings is 1. The summed E-state index contributed by atoms with van der Waals surface area (Å²) in [5.41, 5.74) is 5.16. The molecule has 1 aliphatic rings. The van der Waals surface area contributed by atoms with Crippen LogP contribution in [0, 0.1) is 13.8 Å². The quantitative estimate of drug-likeness (QED) is 0.425. The Labute approximate surface area is 177 Å². The first kappa shape index (κ1) is 19.3. The number of methoxy groups -OCH3 is 1. The van der Waals surface area contributed by atoms with Gasteiger partial charge < -0.3 is 15.4 Å². The molecule has 0 radical (unpaired) electrons. The van der Waals surface area contributed by atoms with E-state index in [1.54, 1.807) is 22.7 Å². The van der Waals surface area contributed by atoms with Gasteiger partial charge in [0, 0.05) is 4.88 Å². The summed E-state index contributed by atoms with van der Waals surface area (Å²) in [6, 6.07) is 4.23. The molecule has 3 aromatic rings. The van der Waals surface area contributed by atoms with Crippen molar-refractivity contribution in [2.45, 2.75) is 39.5 Å². The van der Waals surface area contributed by atoms with Crippen LogP contribution in [0.25, 0.3) is 10.2 Å². The Morgan fingerprint density at radius 3 is 2.68 bits per heavy atom. The zero-order valence-corrected chi connectivity index (χ0v) is 18.4. The maximum absolute atomic E-state index is 12.4. The molecule has 0 bridgehead atoms. The van der Waals surface area contributed by atoms with Crippen LogP contribution in [0.4, 0.5) is 10.1 Å². The van der Waals surface area contributed by atoms with E-state index < -0.39 is 0 Å². The summed E-state index contributed by atoms with van der Waals surface area (Å²) >= 11 is 8.66. The maximum Gasteiger partial charge on any atom is 0.341 e. The van der Waals surface area contributed by atoms with Gasteiger partial charge in [-0.2, -0.15) is 0 Å². The van der Waals surface area contributed by atoms with Crippen molar-refractivity contribution in [3.63, 3.8) is 0 Å². The van der Waals surface area contributed by atoms with Crippen LogP contribution < -0.4 is 10.6 Å². The zero-order valence-electron chi connectivity index (χ0n) is 16.0. The minimum Gasteiger partial charge on any atom is -0.465 e. The molecule has 0 atom stereocenters. The van der Waals surface area contributed by atoms with Crippen LogP contribution in [0.3, 0.4) is 0 Å². The van der Waals surface area contributed by atoms with E-state index in [0.717, 1.165) is 51.6 Å². The van der Waals surface area contributed by atoms with E-state index in [-0.39, 0.29) is 5.97 Å². The number of anilines is 2. The van der Waals surface area contributed by atoms with Crippen LogP contribution in [0.1, 0.15) is 44.8 Å². The molecule has 0 saturated carbocycles. The monoisotopic (exact) mass is 431 g/mol. The van der Waals surface area contributed by atoms with E-state index in [9.17, 15) is 4.79 Å². The van der Waals surface area contributed by atoms with Crippen molar-refractivity contribution in [1.29, 1.82) is 0 Å². The fraction of sp³-hybridized carbons (Fsp3) is 0.350. The molecule has 0 fully saturated rings. The summed E-state index contributed by atoms with van der Waals surface area (Å²) in [6.07, 6.45) is 4.17. The average molecular weight is 432 g/mol. The van der Waals surface area contributed by atoms with E-state index in [1.807, 2.05) is 0 Å². The number of nitrogens with zero attached hydrogens (tertiary/aromatic N) is 1. The van der Waals surface area contributed by atoms with Crippen LogP contribution in [0.5, 0.6) is 0 Å². The van der Waals surface area contributed by atoms with Gasteiger partial charge >= 0.3 is 5.97 Å². The molecular formula is C20H21N3O2S3. The van der Waals surface area contributed by atoms with Gasteiger partial charge in [0.2, 0.25) is 0 Å². The number of hydrogen-bond acceptors (Lipinski definition) is 6. The highest BCUT2D eigenvalue weighted by Crippen LogP contribution is 2.38. The number of benzene rings is 1. The molecule has 1 aliphatic carbocycles. The summed E-state index contributed by atoms with van der Waals surface area (Å²) in [5, 5.41) is 8.28. The van der Waals surface area contributed by atoms with Crippen molar-refractivity contribution in [2.24, 2.45) is 0 Å². The third-order valence-electron chi connectivity index (χ3n) is 5.01. The van der Waals surface area contributed by atoms with Gasteiger partial charge in [-0.3, -0.25) is 0 Å². The normalized spacial score (nSPS) is 13.2. The number of thiocarbonyl (C=S) groups is 1. The van der Waals surface area contributed by atoms with E-state index in [4.69, 9.17) is 17.0 Å². The number of esters is 1. The average Bonchev–Trinajstić information content (AvgIpc) is 3.21. The topological polar surface area (TPSA) is 63.2 Å². The molecule has 0 spiro atoms. The Kier molecular flexibility index (Phi) is 5.35. The van der Waals surface area contributed by atoms with Crippen molar-refractivity contribution in [3.05, 3.63) is 39.3 Å². The van der Waals surface area contributed by atoms with Gasteiger partial charge in [-0.15, -0.1) is 11.3 Å². The SMILES string of the molecule is COC(=O)c1c(NC(=S)Nc2nc3cc(C)c(C)cc3s2)sc2c1CCCC2. The van der Waals surface area contributed by atoms with Crippen LogP contribution >= 0.6 is 34.9 Å². The summed E-state index contributed by atoms with van der Waals surface area (Å²) in [5.74, 6) is -0.310. The van der Waals surface area contributed by atoms with Crippen molar-refractivity contribution < 1.29 is 9.53 Å². The molecule has 0 aliphatic heterocycles. The minimum atomic E-state index is -0.310. The number of thiazole rings is 1. The largest absolute Gasteiger partial charge is 0.465 e. The highest BCUT2D eigenvalue weighted by Gasteiger charge is 2.26. The van der Waals surface area contributed by atoms with E-state index in [1.165, 1.54) is 23.1 Å².